The topological polar surface area (TPSA) is 47.6 Å². The van der Waals surface area contributed by atoms with Crippen LogP contribution < -0.4 is 5.09 Å². The lowest BCUT2D eigenvalue weighted by Crippen LogP contribution is -2.14. The van der Waals surface area contributed by atoms with Crippen molar-refractivity contribution in [3.05, 3.63) is 12.7 Å². The van der Waals surface area contributed by atoms with E-state index < -0.39 is 7.75 Å². The maximum absolute atomic E-state index is 11.6. The quantitative estimate of drug-likeness (QED) is 0.495. The van der Waals surface area contributed by atoms with Crippen LogP contribution in [-0.2, 0) is 13.6 Å². The second kappa shape index (κ2) is 6.38. The first-order chi connectivity index (χ1) is 5.68. The lowest BCUT2D eigenvalue weighted by atomic mass is 10.7. The third-order valence-corrected chi connectivity index (χ3v) is 2.79. The van der Waals surface area contributed by atoms with Crippen LogP contribution in [0.15, 0.2) is 12.7 Å². The minimum Gasteiger partial charge on any atom is -0.297 e. The van der Waals surface area contributed by atoms with Crippen LogP contribution in [0.4, 0.5) is 0 Å². The lowest BCUT2D eigenvalue weighted by molar-refractivity contribution is 0.212. The van der Waals surface area contributed by atoms with Gasteiger partial charge in [-0.05, 0) is 13.8 Å². The molecule has 72 valence electrons. The summed E-state index contributed by atoms with van der Waals surface area (Å²) in [5.41, 5.74) is 0. The van der Waals surface area contributed by atoms with E-state index in [1.807, 2.05) is 0 Å². The fourth-order valence-electron chi connectivity index (χ4n) is 0.645. The Morgan fingerprint density at radius 2 is 1.92 bits per heavy atom. The summed E-state index contributed by atoms with van der Waals surface area (Å²) in [5, 5.41) is 2.64. The summed E-state index contributed by atoms with van der Waals surface area (Å²) in [6, 6.07) is 0. The number of nitrogens with one attached hydrogen (secondary N) is 1. The normalized spacial score (nSPS) is 11.5. The highest BCUT2D eigenvalue weighted by Gasteiger charge is 2.21. The van der Waals surface area contributed by atoms with E-state index in [1.54, 1.807) is 19.9 Å². The molecule has 0 spiro atoms. The van der Waals surface area contributed by atoms with Gasteiger partial charge in [-0.15, -0.1) is 6.58 Å². The molecule has 0 rings (SSSR count). The van der Waals surface area contributed by atoms with E-state index in [2.05, 4.69) is 11.7 Å². The number of hydrogen-bond acceptors (Lipinski definition) is 3. The van der Waals surface area contributed by atoms with Crippen molar-refractivity contribution in [2.24, 2.45) is 0 Å². The third kappa shape index (κ3) is 4.67. The van der Waals surface area contributed by atoms with Gasteiger partial charge in [0.25, 0.3) is 0 Å². The molecule has 0 aliphatic carbocycles. The van der Waals surface area contributed by atoms with Crippen molar-refractivity contribution in [2.75, 3.05) is 19.8 Å². The van der Waals surface area contributed by atoms with E-state index in [0.29, 0.717) is 19.8 Å². The molecule has 0 aromatic rings. The Labute approximate surface area is 73.5 Å². The highest BCUT2D eigenvalue weighted by molar-refractivity contribution is 7.51. The molecule has 0 bridgehead atoms. The molecule has 4 nitrogen and oxygen atoms in total. The first-order valence-corrected chi connectivity index (χ1v) is 5.48. The van der Waals surface area contributed by atoms with Crippen LogP contribution in [0, 0.1) is 0 Å². The highest BCUT2D eigenvalue weighted by Crippen LogP contribution is 2.42. The Morgan fingerprint density at radius 1 is 1.42 bits per heavy atom. The first-order valence-electron chi connectivity index (χ1n) is 3.93. The highest BCUT2D eigenvalue weighted by atomic mass is 31.2. The van der Waals surface area contributed by atoms with Crippen molar-refractivity contribution in [2.45, 2.75) is 13.8 Å². The second-order valence-corrected chi connectivity index (χ2v) is 3.81. The minimum absolute atomic E-state index is 0.363. The van der Waals surface area contributed by atoms with E-state index in [9.17, 15) is 4.57 Å². The van der Waals surface area contributed by atoms with Crippen molar-refractivity contribution in [3.8, 4) is 0 Å². The van der Waals surface area contributed by atoms with E-state index >= 15 is 0 Å². The van der Waals surface area contributed by atoms with Gasteiger partial charge in [-0.3, -0.25) is 9.05 Å². The Balaban J connectivity index is 3.98. The van der Waals surface area contributed by atoms with Crippen LogP contribution in [0.5, 0.6) is 0 Å². The smallest absolute Gasteiger partial charge is 0.297 e. The molecule has 5 heteroatoms. The molecule has 0 fully saturated rings. The van der Waals surface area contributed by atoms with Gasteiger partial charge in [-0.1, -0.05) is 6.08 Å². The van der Waals surface area contributed by atoms with Crippen LogP contribution in [0.2, 0.25) is 0 Å². The summed E-state index contributed by atoms with van der Waals surface area (Å²) < 4.78 is 21.5. The molecule has 0 aromatic carbocycles. The lowest BCUT2D eigenvalue weighted by Gasteiger charge is -2.16. The van der Waals surface area contributed by atoms with Gasteiger partial charge < -0.3 is 0 Å². The molecule has 0 radical (unpaired) electrons. The molecule has 0 unspecified atom stereocenters. The van der Waals surface area contributed by atoms with Crippen LogP contribution in [0.25, 0.3) is 0 Å². The summed E-state index contributed by atoms with van der Waals surface area (Å²) in [7, 11) is -3.06. The van der Waals surface area contributed by atoms with Crippen LogP contribution in [0.1, 0.15) is 13.8 Å². The van der Waals surface area contributed by atoms with E-state index in [-0.39, 0.29) is 0 Å². The summed E-state index contributed by atoms with van der Waals surface area (Å²) >= 11 is 0. The van der Waals surface area contributed by atoms with Crippen LogP contribution >= 0.6 is 7.75 Å². The molecule has 12 heavy (non-hydrogen) atoms. The molecular weight excluding hydrogens is 177 g/mol. The third-order valence-electron chi connectivity index (χ3n) is 1.03. The SMILES string of the molecule is C=CCNP(=O)(OCC)OCC. The summed E-state index contributed by atoms with van der Waals surface area (Å²) in [4.78, 5) is 0. The molecule has 0 aliphatic rings. The van der Waals surface area contributed by atoms with Gasteiger partial charge >= 0.3 is 7.75 Å². The summed E-state index contributed by atoms with van der Waals surface area (Å²) in [6.45, 7) is 8.16. The molecule has 0 heterocycles. The number of hydrogen-bond donors (Lipinski definition) is 1. The van der Waals surface area contributed by atoms with Crippen molar-refractivity contribution in [3.63, 3.8) is 0 Å². The molecule has 0 saturated carbocycles. The first kappa shape index (κ1) is 11.8. The zero-order valence-electron chi connectivity index (χ0n) is 7.58. The van der Waals surface area contributed by atoms with Crippen molar-refractivity contribution >= 4 is 7.75 Å². The van der Waals surface area contributed by atoms with Crippen LogP contribution in [0.3, 0.4) is 0 Å². The Morgan fingerprint density at radius 3 is 2.25 bits per heavy atom. The van der Waals surface area contributed by atoms with Gasteiger partial charge in [-0.25, -0.2) is 9.65 Å². The zero-order valence-corrected chi connectivity index (χ0v) is 8.47. The fraction of sp³-hybridized carbons (Fsp3) is 0.714. The summed E-state index contributed by atoms with van der Waals surface area (Å²) in [6.07, 6.45) is 1.60. The van der Waals surface area contributed by atoms with Gasteiger partial charge in [0, 0.05) is 6.54 Å². The molecular formula is C7H16NO3P. The van der Waals surface area contributed by atoms with Gasteiger partial charge in [0.05, 0.1) is 13.2 Å². The number of rotatable bonds is 7. The molecule has 0 amide bonds. The van der Waals surface area contributed by atoms with Crippen molar-refractivity contribution < 1.29 is 13.6 Å². The predicted molar refractivity (Wildman–Crippen MR) is 49.1 cm³/mol. The Hall–Kier alpha value is -0.150. The van der Waals surface area contributed by atoms with E-state index in [0.717, 1.165) is 0 Å². The zero-order chi connectivity index (χ0) is 9.45. The molecule has 0 aromatic heterocycles. The van der Waals surface area contributed by atoms with Gasteiger partial charge in [0.1, 0.15) is 0 Å². The maximum Gasteiger partial charge on any atom is 0.405 e. The van der Waals surface area contributed by atoms with E-state index in [1.165, 1.54) is 0 Å². The summed E-state index contributed by atoms with van der Waals surface area (Å²) in [5.74, 6) is 0. The predicted octanol–water partition coefficient (Wildman–Crippen LogP) is 1.94. The maximum atomic E-state index is 11.6. The largest absolute Gasteiger partial charge is 0.405 e. The van der Waals surface area contributed by atoms with Crippen molar-refractivity contribution in [1.82, 2.24) is 5.09 Å². The Kier molecular flexibility index (Phi) is 6.30. The molecule has 1 N–H and O–H groups in total. The molecule has 0 saturated heterocycles. The standard InChI is InChI=1S/C7H16NO3P/c1-4-7-8-12(9,10-5-2)11-6-3/h4H,1,5-7H2,2-3H3,(H,8,9). The van der Waals surface area contributed by atoms with Gasteiger partial charge in [0.2, 0.25) is 0 Å². The Bertz CT molecular complexity index is 162. The molecule has 0 aliphatic heterocycles. The van der Waals surface area contributed by atoms with Gasteiger partial charge in [-0.2, -0.15) is 0 Å². The molecule has 0 atom stereocenters. The average molecular weight is 193 g/mol. The van der Waals surface area contributed by atoms with E-state index in [4.69, 9.17) is 9.05 Å². The minimum atomic E-state index is -3.06. The second-order valence-electron chi connectivity index (χ2n) is 1.98. The average Bonchev–Trinajstić information content (AvgIpc) is 2.02. The van der Waals surface area contributed by atoms with Crippen molar-refractivity contribution in [1.29, 1.82) is 0 Å². The monoisotopic (exact) mass is 193 g/mol. The fourth-order valence-corrected chi connectivity index (χ4v) is 1.93. The van der Waals surface area contributed by atoms with Gasteiger partial charge in [0.15, 0.2) is 0 Å². The van der Waals surface area contributed by atoms with Crippen LogP contribution in [-0.4, -0.2) is 19.8 Å².